The van der Waals surface area contributed by atoms with Gasteiger partial charge in [-0.15, -0.1) is 16.9 Å². The number of carbonyl (C=O) groups excluding carboxylic acids is 1. The summed E-state index contributed by atoms with van der Waals surface area (Å²) >= 11 is 1.34. The third kappa shape index (κ3) is 4.86. The Morgan fingerprint density at radius 1 is 1.16 bits per heavy atom. The zero-order chi connectivity index (χ0) is 22.7. The summed E-state index contributed by atoms with van der Waals surface area (Å²) in [5.74, 6) is 0.525. The molecular weight excluding hydrogens is 431 g/mol. The number of H-pyrrole nitrogens is 1. The van der Waals surface area contributed by atoms with Crippen LogP contribution in [0, 0.1) is 19.7 Å². The Hall–Kier alpha value is -3.53. The number of aryl methyl sites for hydroxylation is 2. The van der Waals surface area contributed by atoms with Gasteiger partial charge in [0.1, 0.15) is 11.6 Å². The molecular formula is C22H21FN6O2S. The van der Waals surface area contributed by atoms with E-state index in [4.69, 9.17) is 0 Å². The fourth-order valence-electron chi connectivity index (χ4n) is 3.28. The van der Waals surface area contributed by atoms with Crippen molar-refractivity contribution in [2.45, 2.75) is 26.1 Å². The molecule has 4 rings (SSSR count). The van der Waals surface area contributed by atoms with Gasteiger partial charge in [-0.2, -0.15) is 0 Å². The first-order chi connectivity index (χ1) is 15.4. The van der Waals surface area contributed by atoms with E-state index in [1.54, 1.807) is 12.1 Å². The predicted octanol–water partition coefficient (Wildman–Crippen LogP) is 3.19. The molecule has 4 aromatic rings. The van der Waals surface area contributed by atoms with Gasteiger partial charge in [0.15, 0.2) is 11.2 Å². The number of carbonyl (C=O) groups is 1. The molecule has 2 heterocycles. The Morgan fingerprint density at radius 2 is 1.88 bits per heavy atom. The maximum atomic E-state index is 13.1. The summed E-state index contributed by atoms with van der Waals surface area (Å²) in [6.45, 7) is 4.20. The number of halogens is 1. The molecule has 32 heavy (non-hydrogen) atoms. The van der Waals surface area contributed by atoms with Gasteiger partial charge >= 0.3 is 0 Å². The Morgan fingerprint density at radius 3 is 2.59 bits per heavy atom. The largest absolute Gasteiger partial charge is 0.325 e. The number of para-hydroxylation sites is 1. The molecule has 0 radical (unpaired) electrons. The lowest BCUT2D eigenvalue weighted by atomic mass is 10.1. The van der Waals surface area contributed by atoms with Crippen molar-refractivity contribution in [2.75, 3.05) is 11.1 Å². The number of benzene rings is 2. The van der Waals surface area contributed by atoms with Gasteiger partial charge in [-0.3, -0.25) is 9.59 Å². The molecule has 0 unspecified atom stereocenters. The van der Waals surface area contributed by atoms with Gasteiger partial charge in [-0.25, -0.2) is 14.1 Å². The van der Waals surface area contributed by atoms with Gasteiger partial charge in [0.25, 0.3) is 5.56 Å². The Bertz CT molecular complexity index is 1310. The van der Waals surface area contributed by atoms with Crippen LogP contribution in [0.3, 0.4) is 0 Å². The monoisotopic (exact) mass is 452 g/mol. The molecule has 1 amide bonds. The van der Waals surface area contributed by atoms with Crippen LogP contribution in [0.25, 0.3) is 11.2 Å². The summed E-state index contributed by atoms with van der Waals surface area (Å²) < 4.78 is 14.6. The van der Waals surface area contributed by atoms with Crippen LogP contribution in [-0.2, 0) is 17.1 Å². The van der Waals surface area contributed by atoms with Gasteiger partial charge in [0.05, 0.1) is 18.1 Å². The van der Waals surface area contributed by atoms with Crippen molar-refractivity contribution in [2.24, 2.45) is 0 Å². The van der Waals surface area contributed by atoms with Crippen molar-refractivity contribution in [3.05, 3.63) is 81.2 Å². The van der Waals surface area contributed by atoms with Crippen LogP contribution in [0.15, 0.2) is 47.3 Å². The molecule has 2 aromatic heterocycles. The highest BCUT2D eigenvalue weighted by Crippen LogP contribution is 2.20. The number of anilines is 1. The maximum absolute atomic E-state index is 13.1. The normalized spacial score (nSPS) is 11.1. The number of thioether (sulfide) groups is 1. The number of amides is 1. The molecule has 164 valence electrons. The molecule has 0 aliphatic rings. The molecule has 0 atom stereocenters. The number of fused-ring (bicyclic) bond motifs is 1. The first-order valence-corrected chi connectivity index (χ1v) is 11.1. The molecule has 0 aliphatic heterocycles. The van der Waals surface area contributed by atoms with Crippen LogP contribution >= 0.6 is 11.8 Å². The highest BCUT2D eigenvalue weighted by molar-refractivity contribution is 7.99. The van der Waals surface area contributed by atoms with E-state index in [2.05, 4.69) is 25.6 Å². The van der Waals surface area contributed by atoms with Crippen molar-refractivity contribution in [3.63, 3.8) is 0 Å². The standard InChI is InChI=1S/C22H21FN6O2S/c1-13-4-3-5-14(2)19(13)26-18(30)12-32-11-17-24-21-20(22(31)25-17)27-28-29(21)10-15-6-8-16(23)9-7-15/h3-9H,10-12H2,1-2H3,(H,26,30)(H,24,25,31). The van der Waals surface area contributed by atoms with Gasteiger partial charge in [0, 0.05) is 5.69 Å². The minimum atomic E-state index is -0.393. The summed E-state index contributed by atoms with van der Waals surface area (Å²) in [5, 5.41) is 10.9. The average Bonchev–Trinajstić information content (AvgIpc) is 3.16. The number of nitrogens with one attached hydrogen (secondary N) is 2. The first kappa shape index (κ1) is 21.7. The maximum Gasteiger partial charge on any atom is 0.281 e. The third-order valence-corrected chi connectivity index (χ3v) is 5.83. The van der Waals surface area contributed by atoms with E-state index in [1.165, 1.54) is 28.6 Å². The average molecular weight is 453 g/mol. The molecule has 0 saturated heterocycles. The second-order valence-corrected chi connectivity index (χ2v) is 8.35. The molecule has 8 nitrogen and oxygen atoms in total. The molecule has 0 spiro atoms. The van der Waals surface area contributed by atoms with Crippen molar-refractivity contribution >= 4 is 34.5 Å². The third-order valence-electron chi connectivity index (χ3n) is 4.89. The summed E-state index contributed by atoms with van der Waals surface area (Å²) in [5.41, 5.74) is 3.71. The van der Waals surface area contributed by atoms with Crippen LogP contribution < -0.4 is 10.9 Å². The zero-order valence-corrected chi connectivity index (χ0v) is 18.4. The minimum absolute atomic E-state index is 0.126. The second-order valence-electron chi connectivity index (χ2n) is 7.37. The predicted molar refractivity (Wildman–Crippen MR) is 122 cm³/mol. The van der Waals surface area contributed by atoms with Crippen LogP contribution in [0.4, 0.5) is 10.1 Å². The number of nitrogens with zero attached hydrogens (tertiary/aromatic N) is 4. The van der Waals surface area contributed by atoms with Gasteiger partial charge in [-0.1, -0.05) is 35.5 Å². The molecule has 2 N–H and O–H groups in total. The van der Waals surface area contributed by atoms with E-state index in [9.17, 15) is 14.0 Å². The summed E-state index contributed by atoms with van der Waals surface area (Å²) in [4.78, 5) is 31.9. The highest BCUT2D eigenvalue weighted by Gasteiger charge is 2.13. The van der Waals surface area contributed by atoms with E-state index in [0.29, 0.717) is 23.8 Å². The Balaban J connectivity index is 1.43. The van der Waals surface area contributed by atoms with Gasteiger partial charge in [0.2, 0.25) is 5.91 Å². The van der Waals surface area contributed by atoms with E-state index in [0.717, 1.165) is 22.4 Å². The lowest BCUT2D eigenvalue weighted by Crippen LogP contribution is -2.17. The number of hydrogen-bond donors (Lipinski definition) is 2. The second kappa shape index (κ2) is 9.31. The lowest BCUT2D eigenvalue weighted by molar-refractivity contribution is -0.113. The molecule has 10 heteroatoms. The van der Waals surface area contributed by atoms with Crippen molar-refractivity contribution in [1.82, 2.24) is 25.0 Å². The van der Waals surface area contributed by atoms with E-state index in [1.807, 2.05) is 32.0 Å². The molecule has 0 saturated carbocycles. The van der Waals surface area contributed by atoms with Crippen LogP contribution in [0.1, 0.15) is 22.5 Å². The number of aromatic nitrogens is 5. The van der Waals surface area contributed by atoms with Crippen LogP contribution in [0.2, 0.25) is 0 Å². The fraction of sp³-hybridized carbons (Fsp3) is 0.227. The number of hydrogen-bond acceptors (Lipinski definition) is 6. The molecule has 0 bridgehead atoms. The summed E-state index contributed by atoms with van der Waals surface area (Å²) in [7, 11) is 0. The smallest absolute Gasteiger partial charge is 0.281 e. The van der Waals surface area contributed by atoms with Crippen molar-refractivity contribution in [3.8, 4) is 0 Å². The molecule has 0 aliphatic carbocycles. The lowest BCUT2D eigenvalue weighted by Gasteiger charge is -2.11. The Kier molecular flexibility index (Phi) is 6.31. The van der Waals surface area contributed by atoms with E-state index >= 15 is 0 Å². The first-order valence-electron chi connectivity index (χ1n) is 9.91. The fourth-order valence-corrected chi connectivity index (χ4v) is 3.97. The zero-order valence-electron chi connectivity index (χ0n) is 17.6. The molecule has 2 aromatic carbocycles. The SMILES string of the molecule is Cc1cccc(C)c1NC(=O)CSCc1nc2c(nnn2Cc2ccc(F)cc2)c(=O)[nH]1. The quantitative estimate of drug-likeness (QED) is 0.446. The van der Waals surface area contributed by atoms with Crippen molar-refractivity contribution in [1.29, 1.82) is 0 Å². The number of aromatic amines is 1. The van der Waals surface area contributed by atoms with Crippen LogP contribution in [-0.4, -0.2) is 36.6 Å². The summed E-state index contributed by atoms with van der Waals surface area (Å²) in [6, 6.07) is 11.8. The van der Waals surface area contributed by atoms with E-state index < -0.39 is 5.56 Å². The van der Waals surface area contributed by atoms with Gasteiger partial charge < -0.3 is 10.3 Å². The topological polar surface area (TPSA) is 106 Å². The van der Waals surface area contributed by atoms with E-state index in [-0.39, 0.29) is 23.0 Å². The van der Waals surface area contributed by atoms with Crippen molar-refractivity contribution < 1.29 is 9.18 Å². The Labute approximate surface area is 187 Å². The molecule has 0 fully saturated rings. The minimum Gasteiger partial charge on any atom is -0.325 e. The number of rotatable bonds is 7. The highest BCUT2D eigenvalue weighted by atomic mass is 32.2. The summed E-state index contributed by atoms with van der Waals surface area (Å²) in [6.07, 6.45) is 0. The van der Waals surface area contributed by atoms with Crippen LogP contribution in [0.5, 0.6) is 0 Å². The van der Waals surface area contributed by atoms with Gasteiger partial charge in [-0.05, 0) is 42.7 Å².